The van der Waals surface area contributed by atoms with Gasteiger partial charge in [0.25, 0.3) is 15.7 Å². The van der Waals surface area contributed by atoms with E-state index in [1.54, 1.807) is 0 Å². The van der Waals surface area contributed by atoms with Crippen molar-refractivity contribution in [2.24, 2.45) is 0 Å². The Morgan fingerprint density at radius 2 is 2.05 bits per heavy atom. The van der Waals surface area contributed by atoms with Gasteiger partial charge in [0.1, 0.15) is 4.21 Å². The Balaban J connectivity index is 2.25. The number of halogens is 1. The topological polar surface area (TPSA) is 83.8 Å². The minimum Gasteiger partial charge on any atom is -0.306 e. The number of rotatable bonds is 4. The van der Waals surface area contributed by atoms with Crippen LogP contribution in [0.15, 0.2) is 10.3 Å². The van der Waals surface area contributed by atoms with Crippen molar-refractivity contribution in [1.29, 1.82) is 0 Å². The van der Waals surface area contributed by atoms with Gasteiger partial charge in [0, 0.05) is 19.2 Å². The predicted molar refractivity (Wildman–Crippen MR) is 81.5 cm³/mol. The van der Waals surface area contributed by atoms with E-state index in [2.05, 4.69) is 4.90 Å². The Labute approximate surface area is 132 Å². The predicted octanol–water partition coefficient (Wildman–Crippen LogP) is 2.02. The fourth-order valence-corrected chi connectivity index (χ4v) is 5.55. The van der Waals surface area contributed by atoms with Crippen LogP contribution in [0.4, 0.5) is 5.69 Å². The standard InChI is InChI=1S/C11H16ClN3O4S2/c1-13-5-3-8(4-6-13)14(2)21(18,19)10-7-9(15(16)17)11(12)20-10/h7-8H,3-6H2,1-2H3. The van der Waals surface area contributed by atoms with Crippen LogP contribution in [0.1, 0.15) is 12.8 Å². The summed E-state index contributed by atoms with van der Waals surface area (Å²) >= 11 is 6.47. The maximum Gasteiger partial charge on any atom is 0.300 e. The Kier molecular flexibility index (Phi) is 4.89. The lowest BCUT2D eigenvalue weighted by atomic mass is 10.1. The van der Waals surface area contributed by atoms with E-state index in [9.17, 15) is 18.5 Å². The van der Waals surface area contributed by atoms with Crippen LogP contribution in [-0.2, 0) is 10.0 Å². The zero-order chi connectivity index (χ0) is 15.8. The van der Waals surface area contributed by atoms with Crippen molar-refractivity contribution < 1.29 is 13.3 Å². The molecule has 2 heterocycles. The SMILES string of the molecule is CN1CCC(N(C)S(=O)(=O)c2cc([N+](=O)[O-])c(Cl)s2)CC1. The summed E-state index contributed by atoms with van der Waals surface area (Å²) in [5.41, 5.74) is -0.364. The molecule has 1 aromatic heterocycles. The molecule has 0 aliphatic carbocycles. The van der Waals surface area contributed by atoms with Crippen molar-refractivity contribution in [2.75, 3.05) is 27.2 Å². The van der Waals surface area contributed by atoms with Crippen molar-refractivity contribution in [1.82, 2.24) is 9.21 Å². The molecule has 1 saturated heterocycles. The van der Waals surface area contributed by atoms with Gasteiger partial charge < -0.3 is 4.90 Å². The van der Waals surface area contributed by atoms with Crippen LogP contribution in [0.25, 0.3) is 0 Å². The normalized spacial score (nSPS) is 18.3. The van der Waals surface area contributed by atoms with E-state index in [-0.39, 0.29) is 20.3 Å². The molecule has 21 heavy (non-hydrogen) atoms. The van der Waals surface area contributed by atoms with E-state index >= 15 is 0 Å². The molecule has 0 atom stereocenters. The molecule has 0 spiro atoms. The number of sulfonamides is 1. The molecule has 1 aliphatic rings. The van der Waals surface area contributed by atoms with Crippen molar-refractivity contribution in [3.8, 4) is 0 Å². The number of hydrogen-bond donors (Lipinski definition) is 0. The summed E-state index contributed by atoms with van der Waals surface area (Å²) in [4.78, 5) is 12.3. The minimum atomic E-state index is -3.75. The third-order valence-corrected chi connectivity index (χ3v) is 7.38. The van der Waals surface area contributed by atoms with Gasteiger partial charge >= 0.3 is 0 Å². The van der Waals surface area contributed by atoms with Gasteiger partial charge in [-0.25, -0.2) is 8.42 Å². The highest BCUT2D eigenvalue weighted by Gasteiger charge is 2.33. The highest BCUT2D eigenvalue weighted by Crippen LogP contribution is 2.38. The van der Waals surface area contributed by atoms with E-state index in [0.29, 0.717) is 0 Å². The molecule has 0 unspecified atom stereocenters. The van der Waals surface area contributed by atoms with Crippen LogP contribution in [0.2, 0.25) is 4.34 Å². The lowest BCUT2D eigenvalue weighted by molar-refractivity contribution is -0.384. The second kappa shape index (κ2) is 6.17. The Morgan fingerprint density at radius 1 is 1.48 bits per heavy atom. The largest absolute Gasteiger partial charge is 0.306 e. The molecule has 0 bridgehead atoms. The highest BCUT2D eigenvalue weighted by atomic mass is 35.5. The molecule has 0 saturated carbocycles. The molecular weight excluding hydrogens is 338 g/mol. The number of hydrogen-bond acceptors (Lipinski definition) is 6. The molecule has 0 aromatic carbocycles. The fraction of sp³-hybridized carbons (Fsp3) is 0.636. The molecule has 0 radical (unpaired) electrons. The quantitative estimate of drug-likeness (QED) is 0.610. The van der Waals surface area contributed by atoms with Gasteiger partial charge in [-0.3, -0.25) is 10.1 Å². The first-order chi connectivity index (χ1) is 9.73. The smallest absolute Gasteiger partial charge is 0.300 e. The molecule has 1 aromatic rings. The third kappa shape index (κ3) is 3.37. The van der Waals surface area contributed by atoms with Gasteiger partial charge in [-0.15, -0.1) is 11.3 Å². The maximum atomic E-state index is 12.5. The first kappa shape index (κ1) is 16.6. The minimum absolute atomic E-state index is 0.0828. The Morgan fingerprint density at radius 3 is 2.52 bits per heavy atom. The van der Waals surface area contributed by atoms with Crippen molar-refractivity contribution >= 4 is 38.6 Å². The van der Waals surface area contributed by atoms with E-state index in [4.69, 9.17) is 11.6 Å². The van der Waals surface area contributed by atoms with Gasteiger partial charge in [-0.1, -0.05) is 11.6 Å². The van der Waals surface area contributed by atoms with Crippen LogP contribution < -0.4 is 0 Å². The summed E-state index contributed by atoms with van der Waals surface area (Å²) < 4.78 is 26.2. The summed E-state index contributed by atoms with van der Waals surface area (Å²) in [6, 6.07) is 0.944. The summed E-state index contributed by atoms with van der Waals surface area (Å²) in [5.74, 6) is 0. The zero-order valence-corrected chi connectivity index (χ0v) is 14.0. The average Bonchev–Trinajstić information content (AvgIpc) is 2.82. The molecule has 0 amide bonds. The van der Waals surface area contributed by atoms with Crippen LogP contribution in [0.3, 0.4) is 0 Å². The summed E-state index contributed by atoms with van der Waals surface area (Å²) in [6.07, 6.45) is 1.49. The Hall–Kier alpha value is -0.740. The zero-order valence-electron chi connectivity index (χ0n) is 11.7. The molecule has 0 N–H and O–H groups in total. The molecule has 118 valence electrons. The van der Waals surface area contributed by atoms with Crippen molar-refractivity contribution in [2.45, 2.75) is 23.1 Å². The van der Waals surface area contributed by atoms with Gasteiger partial charge in [-0.05, 0) is 33.0 Å². The highest BCUT2D eigenvalue weighted by molar-refractivity contribution is 7.91. The first-order valence-corrected chi connectivity index (χ1v) is 8.97. The van der Waals surface area contributed by atoms with Crippen LogP contribution in [-0.4, -0.2) is 55.8 Å². The fourth-order valence-electron chi connectivity index (χ4n) is 2.29. The molecule has 1 fully saturated rings. The number of piperidine rings is 1. The number of likely N-dealkylation sites (tertiary alicyclic amines) is 1. The monoisotopic (exact) mass is 353 g/mol. The lowest BCUT2D eigenvalue weighted by Crippen LogP contribution is -2.44. The molecular formula is C11H16ClN3O4S2. The van der Waals surface area contributed by atoms with E-state index in [1.165, 1.54) is 11.4 Å². The van der Waals surface area contributed by atoms with Gasteiger partial charge in [0.15, 0.2) is 4.34 Å². The Bertz CT molecular complexity index is 638. The lowest BCUT2D eigenvalue weighted by Gasteiger charge is -2.34. The van der Waals surface area contributed by atoms with E-state index in [1.807, 2.05) is 7.05 Å². The number of nitro groups is 1. The molecule has 7 nitrogen and oxygen atoms in total. The maximum absolute atomic E-state index is 12.5. The molecule has 10 heteroatoms. The molecule has 1 aliphatic heterocycles. The first-order valence-electron chi connectivity index (χ1n) is 6.33. The number of nitrogens with zero attached hydrogens (tertiary/aromatic N) is 3. The second-order valence-corrected chi connectivity index (χ2v) is 8.92. The average molecular weight is 354 g/mol. The summed E-state index contributed by atoms with van der Waals surface area (Å²) in [5, 5.41) is 10.8. The summed E-state index contributed by atoms with van der Waals surface area (Å²) in [7, 11) is -0.235. The van der Waals surface area contributed by atoms with Gasteiger partial charge in [0.2, 0.25) is 0 Å². The van der Waals surface area contributed by atoms with Gasteiger partial charge in [0.05, 0.1) is 4.92 Å². The third-order valence-electron chi connectivity index (χ3n) is 3.68. The second-order valence-electron chi connectivity index (χ2n) is 5.04. The van der Waals surface area contributed by atoms with Gasteiger partial charge in [-0.2, -0.15) is 4.31 Å². The van der Waals surface area contributed by atoms with E-state index in [0.717, 1.165) is 43.3 Å². The van der Waals surface area contributed by atoms with Crippen LogP contribution in [0, 0.1) is 10.1 Å². The van der Waals surface area contributed by atoms with E-state index < -0.39 is 14.9 Å². The van der Waals surface area contributed by atoms with Crippen molar-refractivity contribution in [3.63, 3.8) is 0 Å². The number of thiophene rings is 1. The van der Waals surface area contributed by atoms with Crippen LogP contribution in [0.5, 0.6) is 0 Å². The summed E-state index contributed by atoms with van der Waals surface area (Å²) in [6.45, 7) is 1.66. The molecule has 2 rings (SSSR count). The van der Waals surface area contributed by atoms with Crippen LogP contribution >= 0.6 is 22.9 Å². The van der Waals surface area contributed by atoms with Crippen molar-refractivity contribution in [3.05, 3.63) is 20.5 Å².